The first-order valence-corrected chi connectivity index (χ1v) is 10.0. The van der Waals surface area contributed by atoms with Crippen LogP contribution in [0.15, 0.2) is 29.4 Å². The number of carbonyl (C=O) groups is 1. The van der Waals surface area contributed by atoms with Gasteiger partial charge in [-0.3, -0.25) is 9.78 Å². The summed E-state index contributed by atoms with van der Waals surface area (Å²) in [6, 6.07) is 3.02. The average Bonchev–Trinajstić information content (AvgIpc) is 2.50. The highest BCUT2D eigenvalue weighted by Crippen LogP contribution is 2.24. The number of carbonyl (C=O) groups excluding carboxylic acids is 1. The number of amides is 1. The fourth-order valence-corrected chi connectivity index (χ4v) is 3.52. The predicted molar refractivity (Wildman–Crippen MR) is 99.5 cm³/mol. The highest BCUT2D eigenvalue weighted by atomic mass is 32.2. The van der Waals surface area contributed by atoms with Crippen LogP contribution in [0.5, 0.6) is 0 Å². The summed E-state index contributed by atoms with van der Waals surface area (Å²) in [4.78, 5) is 16.3. The third-order valence-electron chi connectivity index (χ3n) is 4.12. The average molecular weight is 370 g/mol. The van der Waals surface area contributed by atoms with E-state index in [0.29, 0.717) is 5.92 Å². The Morgan fingerprint density at radius 1 is 1.28 bits per heavy atom. The maximum absolute atomic E-state index is 12.5. The minimum absolute atomic E-state index is 0.00287. The monoisotopic (exact) mass is 369 g/mol. The number of nitrogens with zero attached hydrogens (tertiary/aromatic N) is 2. The van der Waals surface area contributed by atoms with Gasteiger partial charge in [0.2, 0.25) is 15.9 Å². The Morgan fingerprint density at radius 2 is 1.92 bits per heavy atom. The molecule has 1 unspecified atom stereocenters. The number of hydrogen-bond acceptors (Lipinski definition) is 4. The lowest BCUT2D eigenvalue weighted by Crippen LogP contribution is -2.47. The zero-order valence-electron chi connectivity index (χ0n) is 16.1. The highest BCUT2D eigenvalue weighted by molar-refractivity contribution is 7.89. The van der Waals surface area contributed by atoms with E-state index >= 15 is 0 Å². The molecule has 0 fully saturated rings. The third kappa shape index (κ3) is 6.74. The van der Waals surface area contributed by atoms with Crippen molar-refractivity contribution in [2.45, 2.75) is 58.4 Å². The first-order valence-electron chi connectivity index (χ1n) is 8.60. The van der Waals surface area contributed by atoms with Gasteiger partial charge < -0.3 is 5.32 Å². The minimum atomic E-state index is -3.72. The van der Waals surface area contributed by atoms with Gasteiger partial charge in [0.25, 0.3) is 0 Å². The Bertz CT molecular complexity index is 652. The maximum Gasteiger partial charge on any atom is 0.244 e. The van der Waals surface area contributed by atoms with E-state index in [1.54, 1.807) is 6.07 Å². The molecule has 1 heterocycles. The van der Waals surface area contributed by atoms with Gasteiger partial charge >= 0.3 is 0 Å². The molecule has 142 valence electrons. The molecule has 25 heavy (non-hydrogen) atoms. The summed E-state index contributed by atoms with van der Waals surface area (Å²) in [5.74, 6) is 0.258. The van der Waals surface area contributed by atoms with E-state index in [1.807, 2.05) is 0 Å². The summed E-state index contributed by atoms with van der Waals surface area (Å²) in [5, 5.41) is 3.01. The van der Waals surface area contributed by atoms with Crippen LogP contribution in [0.2, 0.25) is 0 Å². The predicted octanol–water partition coefficient (Wildman–Crippen LogP) is 2.67. The molecule has 0 radical (unpaired) electrons. The molecule has 1 rings (SSSR count). The molecule has 1 N–H and O–H groups in total. The Balaban J connectivity index is 2.76. The second-order valence-corrected chi connectivity index (χ2v) is 9.95. The normalized spacial score (nSPS) is 13.9. The Labute approximate surface area is 152 Å². The number of sulfonamides is 1. The van der Waals surface area contributed by atoms with Crippen LogP contribution in [0.4, 0.5) is 0 Å². The quantitative estimate of drug-likeness (QED) is 0.764. The van der Waals surface area contributed by atoms with Gasteiger partial charge in [-0.05, 0) is 36.3 Å². The number of nitrogens with one attached hydrogen (secondary N) is 1. The Hall–Kier alpha value is -1.47. The van der Waals surface area contributed by atoms with E-state index in [0.717, 1.165) is 17.1 Å². The lowest BCUT2D eigenvalue weighted by atomic mass is 9.83. The molecule has 1 aromatic heterocycles. The van der Waals surface area contributed by atoms with E-state index in [2.05, 4.69) is 44.9 Å². The number of pyridine rings is 1. The number of likely N-dealkylation sites (N-methyl/N-ethyl adjacent to an activating group) is 1. The van der Waals surface area contributed by atoms with Crippen molar-refractivity contribution in [2.75, 3.05) is 13.6 Å². The lowest BCUT2D eigenvalue weighted by Gasteiger charge is -2.32. The molecule has 0 bridgehead atoms. The zero-order chi connectivity index (χ0) is 19.3. The standard InChI is InChI=1S/C18H31N3O3S/c1-14(2)9-10-16(18(3,4)5)20-17(22)13-21(6)25(23,24)15-8-7-11-19-12-15/h7-8,11-12,14,16H,9-10,13H2,1-6H3,(H,20,22). The van der Waals surface area contributed by atoms with Crippen LogP contribution < -0.4 is 5.32 Å². The molecule has 0 aliphatic heterocycles. The summed E-state index contributed by atoms with van der Waals surface area (Å²) < 4.78 is 26.0. The van der Waals surface area contributed by atoms with Crippen molar-refractivity contribution in [3.05, 3.63) is 24.5 Å². The molecule has 7 heteroatoms. The van der Waals surface area contributed by atoms with Crippen LogP contribution in [-0.4, -0.2) is 43.2 Å². The minimum Gasteiger partial charge on any atom is -0.352 e. The SMILES string of the molecule is CC(C)CCC(NC(=O)CN(C)S(=O)(=O)c1cccnc1)C(C)(C)C. The molecule has 1 aromatic rings. The fourth-order valence-electron chi connectivity index (χ4n) is 2.43. The van der Waals surface area contributed by atoms with Crippen molar-refractivity contribution < 1.29 is 13.2 Å². The summed E-state index contributed by atoms with van der Waals surface area (Å²) in [7, 11) is -2.32. The topological polar surface area (TPSA) is 79.4 Å². The van der Waals surface area contributed by atoms with E-state index in [4.69, 9.17) is 0 Å². The van der Waals surface area contributed by atoms with Crippen LogP contribution in [-0.2, 0) is 14.8 Å². The van der Waals surface area contributed by atoms with E-state index in [-0.39, 0.29) is 28.8 Å². The van der Waals surface area contributed by atoms with Gasteiger partial charge in [0.05, 0.1) is 6.54 Å². The number of rotatable bonds is 8. The van der Waals surface area contributed by atoms with Crippen molar-refractivity contribution in [3.63, 3.8) is 0 Å². The van der Waals surface area contributed by atoms with Gasteiger partial charge in [0.15, 0.2) is 0 Å². The fraction of sp³-hybridized carbons (Fsp3) is 0.667. The molecular formula is C18H31N3O3S. The van der Waals surface area contributed by atoms with E-state index in [9.17, 15) is 13.2 Å². The summed E-state index contributed by atoms with van der Waals surface area (Å²) in [5.41, 5.74) is -0.0919. The van der Waals surface area contributed by atoms with Crippen molar-refractivity contribution in [2.24, 2.45) is 11.3 Å². The van der Waals surface area contributed by atoms with Crippen molar-refractivity contribution in [3.8, 4) is 0 Å². The van der Waals surface area contributed by atoms with Crippen molar-refractivity contribution in [1.29, 1.82) is 0 Å². The molecular weight excluding hydrogens is 338 g/mol. The van der Waals surface area contributed by atoms with E-state index in [1.165, 1.54) is 25.5 Å². The molecule has 0 saturated carbocycles. The van der Waals surface area contributed by atoms with E-state index < -0.39 is 10.0 Å². The molecule has 6 nitrogen and oxygen atoms in total. The maximum atomic E-state index is 12.5. The molecule has 0 aliphatic rings. The number of aromatic nitrogens is 1. The van der Waals surface area contributed by atoms with Gasteiger partial charge in [0, 0.05) is 25.5 Å². The van der Waals surface area contributed by atoms with Gasteiger partial charge in [-0.15, -0.1) is 0 Å². The molecule has 0 spiro atoms. The highest BCUT2D eigenvalue weighted by Gasteiger charge is 2.28. The molecule has 1 atom stereocenters. The zero-order valence-corrected chi connectivity index (χ0v) is 16.9. The summed E-state index contributed by atoms with van der Waals surface area (Å²) in [6.45, 7) is 10.3. The Kier molecular flexibility index (Phi) is 7.56. The van der Waals surface area contributed by atoms with Gasteiger partial charge in [-0.2, -0.15) is 4.31 Å². The number of hydrogen-bond donors (Lipinski definition) is 1. The largest absolute Gasteiger partial charge is 0.352 e. The van der Waals surface area contributed by atoms with Crippen molar-refractivity contribution in [1.82, 2.24) is 14.6 Å². The van der Waals surface area contributed by atoms with Gasteiger partial charge in [-0.25, -0.2) is 8.42 Å². The molecule has 0 saturated heterocycles. The Morgan fingerprint density at radius 3 is 2.40 bits per heavy atom. The van der Waals surface area contributed by atoms with Crippen LogP contribution >= 0.6 is 0 Å². The van der Waals surface area contributed by atoms with Gasteiger partial charge in [0.1, 0.15) is 4.90 Å². The third-order valence-corrected chi connectivity index (χ3v) is 5.91. The lowest BCUT2D eigenvalue weighted by molar-refractivity contribution is -0.122. The molecule has 0 aliphatic carbocycles. The van der Waals surface area contributed by atoms with Crippen LogP contribution in [0.25, 0.3) is 0 Å². The smallest absolute Gasteiger partial charge is 0.244 e. The first-order chi connectivity index (χ1) is 11.4. The second kappa shape index (κ2) is 8.76. The molecule has 1 amide bonds. The van der Waals surface area contributed by atoms with Crippen LogP contribution in [0.1, 0.15) is 47.5 Å². The first kappa shape index (κ1) is 21.6. The summed E-state index contributed by atoms with van der Waals surface area (Å²) in [6.07, 6.45) is 4.66. The molecule has 0 aromatic carbocycles. The van der Waals surface area contributed by atoms with Crippen molar-refractivity contribution >= 4 is 15.9 Å². The second-order valence-electron chi connectivity index (χ2n) is 7.91. The summed E-state index contributed by atoms with van der Waals surface area (Å²) >= 11 is 0. The van der Waals surface area contributed by atoms with Gasteiger partial charge in [-0.1, -0.05) is 34.6 Å². The van der Waals surface area contributed by atoms with Crippen LogP contribution in [0.3, 0.4) is 0 Å². The van der Waals surface area contributed by atoms with Crippen LogP contribution in [0, 0.1) is 11.3 Å².